The van der Waals surface area contributed by atoms with Crippen LogP contribution < -0.4 is 0 Å². The molecule has 1 aliphatic heterocycles. The Morgan fingerprint density at radius 3 is 1.90 bits per heavy atom. The van der Waals surface area contributed by atoms with Crippen molar-refractivity contribution in [1.29, 1.82) is 0 Å². The highest BCUT2D eigenvalue weighted by Crippen LogP contribution is 2.22. The molecule has 1 aromatic rings. The lowest BCUT2D eigenvalue weighted by Crippen LogP contribution is -2.54. The number of piperazine rings is 1. The molecule has 1 saturated heterocycles. The summed E-state index contributed by atoms with van der Waals surface area (Å²) in [5.41, 5.74) is 0.0483. The van der Waals surface area contributed by atoms with Gasteiger partial charge in [-0.15, -0.1) is 0 Å². The zero-order valence-electron chi connectivity index (χ0n) is 18.4. The fourth-order valence-electron chi connectivity index (χ4n) is 3.55. The number of hydrogen-bond donors (Lipinski definition) is 0. The van der Waals surface area contributed by atoms with Gasteiger partial charge in [0.25, 0.3) is 16.1 Å². The van der Waals surface area contributed by atoms with E-state index in [-0.39, 0.29) is 44.8 Å². The molecule has 1 aromatic carbocycles. The van der Waals surface area contributed by atoms with Crippen molar-refractivity contribution in [2.24, 2.45) is 0 Å². The highest BCUT2D eigenvalue weighted by molar-refractivity contribution is 7.89. The molecule has 0 bridgehead atoms. The molecule has 0 unspecified atom stereocenters. The summed E-state index contributed by atoms with van der Waals surface area (Å²) in [6.07, 6.45) is 0. The van der Waals surface area contributed by atoms with Crippen molar-refractivity contribution in [2.75, 3.05) is 52.4 Å². The molecule has 0 spiro atoms. The van der Waals surface area contributed by atoms with Gasteiger partial charge in [-0.05, 0) is 18.2 Å². The minimum atomic E-state index is -4.07. The highest BCUT2D eigenvalue weighted by atomic mass is 32.2. The number of nitrogens with zero attached hydrogens (tertiary/aromatic N) is 4. The topological polar surface area (TPSA) is 98.3 Å². The van der Waals surface area contributed by atoms with Crippen LogP contribution in [0, 0.1) is 5.82 Å². The van der Waals surface area contributed by atoms with E-state index in [1.165, 1.54) is 19.6 Å². The normalized spacial score (nSPS) is 16.3. The molecule has 0 atom stereocenters. The third-order valence-electron chi connectivity index (χ3n) is 5.39. The van der Waals surface area contributed by atoms with Gasteiger partial charge >= 0.3 is 0 Å². The first-order chi connectivity index (χ1) is 14.5. The molecule has 1 fully saturated rings. The molecule has 31 heavy (non-hydrogen) atoms. The van der Waals surface area contributed by atoms with Gasteiger partial charge < -0.3 is 4.90 Å². The Labute approximate surface area is 184 Å². The number of rotatable bonds is 9. The maximum Gasteiger partial charge on any atom is 0.282 e. The molecular weight excluding hydrogens is 447 g/mol. The molecule has 1 aliphatic rings. The predicted octanol–water partition coefficient (Wildman–Crippen LogP) is 1.20. The lowest BCUT2D eigenvalue weighted by molar-refractivity contribution is 0.0694. The molecule has 2 rings (SSSR count). The van der Waals surface area contributed by atoms with Crippen LogP contribution in [0.15, 0.2) is 23.1 Å². The molecule has 0 saturated carbocycles. The second-order valence-corrected chi connectivity index (χ2v) is 10.9. The van der Waals surface area contributed by atoms with E-state index in [9.17, 15) is 26.0 Å². The molecule has 176 valence electrons. The predicted molar refractivity (Wildman–Crippen MR) is 116 cm³/mol. The van der Waals surface area contributed by atoms with Gasteiger partial charge in [-0.3, -0.25) is 4.79 Å². The number of halogens is 1. The Morgan fingerprint density at radius 1 is 0.903 bits per heavy atom. The Bertz CT molecular complexity index is 985. The van der Waals surface area contributed by atoms with Gasteiger partial charge in [-0.25, -0.2) is 12.8 Å². The van der Waals surface area contributed by atoms with E-state index in [1.807, 2.05) is 0 Å². The lowest BCUT2D eigenvalue weighted by Gasteiger charge is -2.36. The summed E-state index contributed by atoms with van der Waals surface area (Å²) < 4.78 is 68.9. The highest BCUT2D eigenvalue weighted by Gasteiger charge is 2.33. The Kier molecular flexibility index (Phi) is 8.56. The van der Waals surface area contributed by atoms with Gasteiger partial charge in [-0.1, -0.05) is 27.7 Å². The standard InChI is InChI=1S/C19H31FN4O5S2/c1-5-22(6-2)30(26,27)18-15-16(9-10-17(18)20)19(25)21-11-13-24(14-12-21)31(28,29)23(7-3)8-4/h9-10,15H,5-8,11-14H2,1-4H3. The summed E-state index contributed by atoms with van der Waals surface area (Å²) in [6, 6.07) is 3.28. The van der Waals surface area contributed by atoms with Gasteiger partial charge in [0.05, 0.1) is 0 Å². The summed E-state index contributed by atoms with van der Waals surface area (Å²) >= 11 is 0. The second kappa shape index (κ2) is 10.3. The van der Waals surface area contributed by atoms with E-state index < -0.39 is 36.9 Å². The Hall–Kier alpha value is -1.60. The average molecular weight is 479 g/mol. The number of carbonyl (C=O) groups is 1. The number of hydrogen-bond acceptors (Lipinski definition) is 5. The van der Waals surface area contributed by atoms with Crippen LogP contribution in [0.1, 0.15) is 38.1 Å². The van der Waals surface area contributed by atoms with Crippen LogP contribution in [-0.4, -0.2) is 92.9 Å². The molecule has 0 aliphatic carbocycles. The van der Waals surface area contributed by atoms with Crippen LogP contribution in [-0.2, 0) is 20.2 Å². The lowest BCUT2D eigenvalue weighted by atomic mass is 10.2. The minimum Gasteiger partial charge on any atom is -0.336 e. The van der Waals surface area contributed by atoms with Crippen LogP contribution in [0.25, 0.3) is 0 Å². The van der Waals surface area contributed by atoms with Crippen molar-refractivity contribution in [2.45, 2.75) is 32.6 Å². The number of sulfonamides is 1. The van der Waals surface area contributed by atoms with E-state index in [4.69, 9.17) is 0 Å². The summed E-state index contributed by atoms with van der Waals surface area (Å²) in [5, 5.41) is 0. The summed E-state index contributed by atoms with van der Waals surface area (Å²) in [4.78, 5) is 13.8. The molecule has 0 radical (unpaired) electrons. The molecule has 1 heterocycles. The first-order valence-corrected chi connectivity index (χ1v) is 13.2. The Morgan fingerprint density at radius 2 is 1.42 bits per heavy atom. The molecule has 12 heteroatoms. The van der Waals surface area contributed by atoms with E-state index in [0.717, 1.165) is 16.4 Å². The van der Waals surface area contributed by atoms with Crippen LogP contribution >= 0.6 is 0 Å². The van der Waals surface area contributed by atoms with Gasteiger partial charge in [0.1, 0.15) is 10.7 Å². The molecule has 0 N–H and O–H groups in total. The monoisotopic (exact) mass is 478 g/mol. The second-order valence-electron chi connectivity index (χ2n) is 7.02. The van der Waals surface area contributed by atoms with Crippen molar-refractivity contribution in [1.82, 2.24) is 17.8 Å². The molecule has 0 aromatic heterocycles. The van der Waals surface area contributed by atoms with Crippen LogP contribution in [0.5, 0.6) is 0 Å². The maximum absolute atomic E-state index is 14.3. The van der Waals surface area contributed by atoms with Gasteiger partial charge in [0, 0.05) is 57.9 Å². The quantitative estimate of drug-likeness (QED) is 0.531. The van der Waals surface area contributed by atoms with Crippen molar-refractivity contribution >= 4 is 26.1 Å². The molecule has 9 nitrogen and oxygen atoms in total. The average Bonchev–Trinajstić information content (AvgIpc) is 2.75. The summed E-state index contributed by atoms with van der Waals surface area (Å²) in [7, 11) is -7.66. The summed E-state index contributed by atoms with van der Waals surface area (Å²) in [5.74, 6) is -1.38. The third-order valence-corrected chi connectivity index (χ3v) is 9.64. The Balaban J connectivity index is 2.21. The van der Waals surface area contributed by atoms with Gasteiger partial charge in [0.2, 0.25) is 10.0 Å². The van der Waals surface area contributed by atoms with Crippen molar-refractivity contribution < 1.29 is 26.0 Å². The zero-order chi connectivity index (χ0) is 23.4. The van der Waals surface area contributed by atoms with Crippen LogP contribution in [0.4, 0.5) is 4.39 Å². The number of benzene rings is 1. The van der Waals surface area contributed by atoms with Crippen molar-refractivity contribution in [3.63, 3.8) is 0 Å². The SMILES string of the molecule is CCN(CC)S(=O)(=O)c1cc(C(=O)N2CCN(S(=O)(=O)N(CC)CC)CC2)ccc1F. The van der Waals surface area contributed by atoms with Gasteiger partial charge in [0.15, 0.2) is 0 Å². The third kappa shape index (κ3) is 5.25. The zero-order valence-corrected chi connectivity index (χ0v) is 20.0. The minimum absolute atomic E-state index is 0.0483. The van der Waals surface area contributed by atoms with E-state index in [2.05, 4.69) is 0 Å². The van der Waals surface area contributed by atoms with Crippen LogP contribution in [0.2, 0.25) is 0 Å². The van der Waals surface area contributed by atoms with Crippen molar-refractivity contribution in [3.05, 3.63) is 29.6 Å². The first kappa shape index (κ1) is 25.7. The molecular formula is C19H31FN4O5S2. The number of carbonyl (C=O) groups excluding carboxylic acids is 1. The van der Waals surface area contributed by atoms with E-state index in [1.54, 1.807) is 27.7 Å². The van der Waals surface area contributed by atoms with Crippen molar-refractivity contribution in [3.8, 4) is 0 Å². The van der Waals surface area contributed by atoms with Gasteiger partial charge in [-0.2, -0.15) is 21.3 Å². The summed E-state index contributed by atoms with van der Waals surface area (Å²) in [6.45, 7) is 8.50. The fraction of sp³-hybridized carbons (Fsp3) is 0.632. The number of amides is 1. The first-order valence-electron chi connectivity index (χ1n) is 10.4. The van der Waals surface area contributed by atoms with E-state index in [0.29, 0.717) is 13.1 Å². The van der Waals surface area contributed by atoms with Crippen LogP contribution in [0.3, 0.4) is 0 Å². The molecule has 1 amide bonds. The van der Waals surface area contributed by atoms with E-state index >= 15 is 0 Å². The largest absolute Gasteiger partial charge is 0.336 e. The smallest absolute Gasteiger partial charge is 0.282 e. The maximum atomic E-state index is 14.3. The fourth-order valence-corrected chi connectivity index (χ4v) is 6.71.